The number of ether oxygens (including phenoxy) is 1. The molecule has 3 aromatic heterocycles. The molecule has 0 unspecified atom stereocenters. The standard InChI is InChI=1S/C24H19FN4O3S/c1-13-5-4-6-16(9-13)21-27-22(32-28-21)20-14(2)19-23(33-20)26-12-29(24(19)30)11-15-7-8-18(31-3)17(25)10-15/h4-10,12H,11H2,1-3H3. The molecular formula is C24H19FN4O3S. The van der Waals surface area contributed by atoms with Crippen molar-refractivity contribution in [3.8, 4) is 27.9 Å². The van der Waals surface area contributed by atoms with Crippen LogP contribution in [0.25, 0.3) is 32.4 Å². The topological polar surface area (TPSA) is 83.0 Å². The summed E-state index contributed by atoms with van der Waals surface area (Å²) in [5.41, 5.74) is 3.09. The summed E-state index contributed by atoms with van der Waals surface area (Å²) in [4.78, 5) is 23.5. The predicted molar refractivity (Wildman–Crippen MR) is 124 cm³/mol. The fourth-order valence-corrected chi connectivity index (χ4v) is 4.76. The SMILES string of the molecule is COc1ccc(Cn2cnc3sc(-c4nc(-c5cccc(C)c5)no4)c(C)c3c2=O)cc1F. The lowest BCUT2D eigenvalue weighted by atomic mass is 10.1. The molecule has 3 heterocycles. The lowest BCUT2D eigenvalue weighted by molar-refractivity contribution is 0.386. The van der Waals surface area contributed by atoms with Crippen LogP contribution in [0.1, 0.15) is 16.7 Å². The maximum atomic E-state index is 14.1. The molecule has 0 radical (unpaired) electrons. The van der Waals surface area contributed by atoms with Crippen molar-refractivity contribution in [3.63, 3.8) is 0 Å². The number of thiophene rings is 1. The zero-order valence-electron chi connectivity index (χ0n) is 18.1. The van der Waals surface area contributed by atoms with E-state index >= 15 is 0 Å². The number of methoxy groups -OCH3 is 1. The molecule has 2 aromatic carbocycles. The average molecular weight is 463 g/mol. The van der Waals surface area contributed by atoms with Gasteiger partial charge in [-0.2, -0.15) is 4.98 Å². The Morgan fingerprint density at radius 2 is 2.03 bits per heavy atom. The highest BCUT2D eigenvalue weighted by atomic mass is 32.1. The molecule has 0 bridgehead atoms. The Morgan fingerprint density at radius 1 is 1.18 bits per heavy atom. The number of nitrogens with zero attached hydrogens (tertiary/aromatic N) is 4. The van der Waals surface area contributed by atoms with Gasteiger partial charge in [0.2, 0.25) is 5.82 Å². The number of rotatable bonds is 5. The van der Waals surface area contributed by atoms with Gasteiger partial charge in [0.15, 0.2) is 11.6 Å². The van der Waals surface area contributed by atoms with Crippen molar-refractivity contribution in [1.29, 1.82) is 0 Å². The highest BCUT2D eigenvalue weighted by molar-refractivity contribution is 7.22. The number of aromatic nitrogens is 4. The van der Waals surface area contributed by atoms with Gasteiger partial charge < -0.3 is 9.26 Å². The van der Waals surface area contributed by atoms with Crippen molar-refractivity contribution < 1.29 is 13.7 Å². The van der Waals surface area contributed by atoms with Gasteiger partial charge in [-0.25, -0.2) is 9.37 Å². The molecule has 0 fully saturated rings. The summed E-state index contributed by atoms with van der Waals surface area (Å²) in [6.45, 7) is 4.02. The molecule has 7 nitrogen and oxygen atoms in total. The van der Waals surface area contributed by atoms with Crippen LogP contribution < -0.4 is 10.3 Å². The van der Waals surface area contributed by atoms with E-state index in [9.17, 15) is 9.18 Å². The second-order valence-electron chi connectivity index (χ2n) is 7.68. The number of hydrogen-bond acceptors (Lipinski definition) is 7. The Kier molecular flexibility index (Phi) is 5.26. The molecule has 166 valence electrons. The second-order valence-corrected chi connectivity index (χ2v) is 8.67. The van der Waals surface area contributed by atoms with Gasteiger partial charge in [-0.1, -0.05) is 35.0 Å². The van der Waals surface area contributed by atoms with Gasteiger partial charge in [0.05, 0.1) is 30.2 Å². The van der Waals surface area contributed by atoms with Crippen molar-refractivity contribution in [2.45, 2.75) is 20.4 Å². The maximum Gasteiger partial charge on any atom is 0.268 e. The minimum absolute atomic E-state index is 0.155. The third-order valence-electron chi connectivity index (χ3n) is 5.38. The summed E-state index contributed by atoms with van der Waals surface area (Å²) in [6, 6.07) is 12.4. The first-order valence-electron chi connectivity index (χ1n) is 10.2. The molecule has 0 atom stereocenters. The quantitative estimate of drug-likeness (QED) is 0.366. The first kappa shape index (κ1) is 21.0. The number of fused-ring (bicyclic) bond motifs is 1. The van der Waals surface area contributed by atoms with Crippen molar-refractivity contribution in [1.82, 2.24) is 19.7 Å². The lowest BCUT2D eigenvalue weighted by Gasteiger charge is -2.07. The molecule has 0 aliphatic rings. The van der Waals surface area contributed by atoms with Crippen LogP contribution in [-0.2, 0) is 6.54 Å². The van der Waals surface area contributed by atoms with Gasteiger partial charge in [0.25, 0.3) is 11.4 Å². The third kappa shape index (κ3) is 3.80. The van der Waals surface area contributed by atoms with Crippen LogP contribution in [0.5, 0.6) is 5.75 Å². The van der Waals surface area contributed by atoms with Crippen molar-refractivity contribution >= 4 is 21.6 Å². The van der Waals surface area contributed by atoms with Gasteiger partial charge in [-0.3, -0.25) is 9.36 Å². The zero-order valence-corrected chi connectivity index (χ0v) is 18.9. The minimum atomic E-state index is -0.480. The molecule has 0 saturated heterocycles. The Labute approximate surface area is 192 Å². The highest BCUT2D eigenvalue weighted by Crippen LogP contribution is 2.35. The molecule has 0 spiro atoms. The van der Waals surface area contributed by atoms with E-state index in [4.69, 9.17) is 9.26 Å². The first-order chi connectivity index (χ1) is 15.9. The number of aryl methyl sites for hydroxylation is 2. The van der Waals surface area contributed by atoms with Crippen LogP contribution in [0.2, 0.25) is 0 Å². The van der Waals surface area contributed by atoms with Crippen LogP contribution in [-0.4, -0.2) is 26.8 Å². The third-order valence-corrected chi connectivity index (χ3v) is 6.57. The second kappa shape index (κ2) is 8.25. The van der Waals surface area contributed by atoms with Gasteiger partial charge in [-0.05, 0) is 43.2 Å². The van der Waals surface area contributed by atoms with Crippen LogP contribution in [0.4, 0.5) is 4.39 Å². The van der Waals surface area contributed by atoms with Crippen LogP contribution >= 0.6 is 11.3 Å². The Hall–Kier alpha value is -3.85. The van der Waals surface area contributed by atoms with E-state index < -0.39 is 5.82 Å². The number of hydrogen-bond donors (Lipinski definition) is 0. The van der Waals surface area contributed by atoms with Crippen LogP contribution in [0, 0.1) is 19.7 Å². The van der Waals surface area contributed by atoms with Crippen molar-refractivity contribution in [3.05, 3.63) is 81.7 Å². The zero-order chi connectivity index (χ0) is 23.1. The van der Waals surface area contributed by atoms with Gasteiger partial charge in [-0.15, -0.1) is 11.3 Å². The van der Waals surface area contributed by atoms with Crippen LogP contribution in [0.3, 0.4) is 0 Å². The molecular weight excluding hydrogens is 443 g/mol. The molecule has 0 saturated carbocycles. The van der Waals surface area contributed by atoms with E-state index in [1.54, 1.807) is 6.07 Å². The van der Waals surface area contributed by atoms with Crippen LogP contribution in [0.15, 0.2) is 58.1 Å². The number of halogens is 1. The maximum absolute atomic E-state index is 14.1. The fraction of sp³-hybridized carbons (Fsp3) is 0.167. The van der Waals surface area contributed by atoms with Crippen molar-refractivity contribution in [2.24, 2.45) is 0 Å². The van der Waals surface area contributed by atoms with Gasteiger partial charge in [0, 0.05) is 5.56 Å². The lowest BCUT2D eigenvalue weighted by Crippen LogP contribution is -2.21. The Balaban J connectivity index is 1.52. The summed E-state index contributed by atoms with van der Waals surface area (Å²) < 4.78 is 26.0. The van der Waals surface area contributed by atoms with E-state index in [1.165, 1.54) is 41.5 Å². The molecule has 5 rings (SSSR count). The summed E-state index contributed by atoms with van der Waals surface area (Å²) in [7, 11) is 1.41. The van der Waals surface area contributed by atoms with E-state index in [0.29, 0.717) is 32.4 Å². The summed E-state index contributed by atoms with van der Waals surface area (Å²) in [5, 5.41) is 4.59. The summed E-state index contributed by atoms with van der Waals surface area (Å²) in [5.74, 6) is 0.502. The van der Waals surface area contributed by atoms with E-state index in [2.05, 4.69) is 15.1 Å². The molecule has 9 heteroatoms. The predicted octanol–water partition coefficient (Wildman–Crippen LogP) is 4.99. The molecule has 0 aliphatic carbocycles. The van der Waals surface area contributed by atoms with E-state index in [1.807, 2.05) is 38.1 Å². The smallest absolute Gasteiger partial charge is 0.268 e. The van der Waals surface area contributed by atoms with E-state index in [0.717, 1.165) is 16.7 Å². The normalized spacial score (nSPS) is 11.3. The monoisotopic (exact) mass is 462 g/mol. The van der Waals surface area contributed by atoms with Gasteiger partial charge >= 0.3 is 0 Å². The van der Waals surface area contributed by atoms with Crippen molar-refractivity contribution in [2.75, 3.05) is 7.11 Å². The Morgan fingerprint density at radius 3 is 2.79 bits per heavy atom. The summed E-state index contributed by atoms with van der Waals surface area (Å²) >= 11 is 1.33. The largest absolute Gasteiger partial charge is 0.494 e. The molecule has 0 aliphatic heterocycles. The Bertz CT molecular complexity index is 1550. The minimum Gasteiger partial charge on any atom is -0.494 e. The number of benzene rings is 2. The average Bonchev–Trinajstić information content (AvgIpc) is 3.41. The van der Waals surface area contributed by atoms with Gasteiger partial charge in [0.1, 0.15) is 4.83 Å². The molecule has 0 N–H and O–H groups in total. The first-order valence-corrected chi connectivity index (χ1v) is 11.0. The molecule has 5 aromatic rings. The fourth-order valence-electron chi connectivity index (χ4n) is 3.70. The summed E-state index contributed by atoms with van der Waals surface area (Å²) in [6.07, 6.45) is 1.47. The van der Waals surface area contributed by atoms with E-state index in [-0.39, 0.29) is 17.9 Å². The molecule has 33 heavy (non-hydrogen) atoms. The highest BCUT2D eigenvalue weighted by Gasteiger charge is 2.21. The molecule has 0 amide bonds.